The molecular weight excluding hydrogens is 226 g/mol. The lowest BCUT2D eigenvalue weighted by Crippen LogP contribution is -2.25. The molecule has 1 unspecified atom stereocenters. The van der Waals surface area contributed by atoms with E-state index in [4.69, 9.17) is 0 Å². The van der Waals surface area contributed by atoms with E-state index in [0.717, 1.165) is 13.0 Å². The summed E-state index contributed by atoms with van der Waals surface area (Å²) in [6, 6.07) is 2.48. The molecule has 5 heteroatoms. The van der Waals surface area contributed by atoms with Gasteiger partial charge in [-0.2, -0.15) is 10.2 Å². The summed E-state index contributed by atoms with van der Waals surface area (Å²) in [6.45, 7) is 0.857. The maximum Gasteiger partial charge on any atom is 0.0540 e. The third-order valence-electron chi connectivity index (χ3n) is 3.83. The Morgan fingerprint density at radius 3 is 3.00 bits per heavy atom. The highest BCUT2D eigenvalue weighted by molar-refractivity contribution is 5.24. The van der Waals surface area contributed by atoms with Gasteiger partial charge in [0, 0.05) is 44.1 Å². The second-order valence-electron chi connectivity index (χ2n) is 4.94. The van der Waals surface area contributed by atoms with E-state index in [9.17, 15) is 0 Å². The minimum absolute atomic E-state index is 0.428. The summed E-state index contributed by atoms with van der Waals surface area (Å²) in [5.74, 6) is 0. The minimum atomic E-state index is 0.428. The summed E-state index contributed by atoms with van der Waals surface area (Å²) in [5, 5.41) is 12.2. The minimum Gasteiger partial charge on any atom is -0.304 e. The van der Waals surface area contributed by atoms with Gasteiger partial charge in [0.25, 0.3) is 0 Å². The fraction of sp³-hybridized carbons (Fsp3) is 0.538. The van der Waals surface area contributed by atoms with Crippen LogP contribution in [0.25, 0.3) is 0 Å². The monoisotopic (exact) mass is 245 g/mol. The van der Waals surface area contributed by atoms with E-state index >= 15 is 0 Å². The molecule has 0 spiro atoms. The Kier molecular flexibility index (Phi) is 2.91. The van der Waals surface area contributed by atoms with Gasteiger partial charge in [-0.1, -0.05) is 0 Å². The molecule has 0 saturated carbocycles. The summed E-state index contributed by atoms with van der Waals surface area (Å²) in [6.07, 6.45) is 7.42. The van der Waals surface area contributed by atoms with Gasteiger partial charge < -0.3 is 5.32 Å². The largest absolute Gasteiger partial charge is 0.304 e. The molecule has 0 bridgehead atoms. The predicted octanol–water partition coefficient (Wildman–Crippen LogP) is 1.32. The summed E-state index contributed by atoms with van der Waals surface area (Å²) >= 11 is 0. The Bertz CT molecular complexity index is 539. The molecule has 0 amide bonds. The smallest absolute Gasteiger partial charge is 0.0540 e. The standard InChI is InChI=1S/C13H19N5/c1-17-10(6-7-15-17)8-14-12-4-3-5-13-11(12)9-16-18(13)2/h6-7,9,12,14H,3-5,8H2,1-2H3. The highest BCUT2D eigenvalue weighted by Crippen LogP contribution is 2.29. The van der Waals surface area contributed by atoms with Crippen molar-refractivity contribution in [1.29, 1.82) is 0 Å². The van der Waals surface area contributed by atoms with Gasteiger partial charge in [-0.25, -0.2) is 0 Å². The molecule has 1 aliphatic rings. The first kappa shape index (κ1) is 11.5. The number of rotatable bonds is 3. The fourth-order valence-electron chi connectivity index (χ4n) is 2.72. The Hall–Kier alpha value is -1.62. The highest BCUT2D eigenvalue weighted by atomic mass is 15.3. The first-order valence-electron chi connectivity index (χ1n) is 6.46. The number of fused-ring (bicyclic) bond motifs is 1. The maximum atomic E-state index is 4.37. The molecule has 0 fully saturated rings. The summed E-state index contributed by atoms with van der Waals surface area (Å²) in [5.41, 5.74) is 3.96. The van der Waals surface area contributed by atoms with Gasteiger partial charge in [0.1, 0.15) is 0 Å². The van der Waals surface area contributed by atoms with E-state index in [-0.39, 0.29) is 0 Å². The second-order valence-corrected chi connectivity index (χ2v) is 4.94. The average Bonchev–Trinajstić information content (AvgIpc) is 2.95. The number of aryl methyl sites for hydroxylation is 2. The van der Waals surface area contributed by atoms with E-state index in [0.29, 0.717) is 6.04 Å². The molecule has 0 aliphatic heterocycles. The number of aromatic nitrogens is 4. The molecule has 5 nitrogen and oxygen atoms in total. The third kappa shape index (κ3) is 1.95. The Labute approximate surface area is 107 Å². The van der Waals surface area contributed by atoms with E-state index in [1.54, 1.807) is 0 Å². The van der Waals surface area contributed by atoms with Crippen LogP contribution < -0.4 is 5.32 Å². The predicted molar refractivity (Wildman–Crippen MR) is 68.9 cm³/mol. The zero-order valence-corrected chi connectivity index (χ0v) is 10.9. The van der Waals surface area contributed by atoms with Crippen LogP contribution in [-0.2, 0) is 27.1 Å². The lowest BCUT2D eigenvalue weighted by atomic mass is 9.93. The van der Waals surface area contributed by atoms with E-state index in [1.165, 1.54) is 29.8 Å². The molecule has 2 aromatic rings. The van der Waals surface area contributed by atoms with Crippen LogP contribution in [0.3, 0.4) is 0 Å². The lowest BCUT2D eigenvalue weighted by molar-refractivity contribution is 0.444. The molecule has 1 aliphatic carbocycles. The van der Waals surface area contributed by atoms with Gasteiger partial charge in [0.15, 0.2) is 0 Å². The zero-order chi connectivity index (χ0) is 12.5. The van der Waals surface area contributed by atoms with Gasteiger partial charge in [0.2, 0.25) is 0 Å². The SMILES string of the molecule is Cn1nccc1CNC1CCCc2c1cnn2C. The number of nitrogens with zero attached hydrogens (tertiary/aromatic N) is 4. The van der Waals surface area contributed by atoms with Gasteiger partial charge in [-0.15, -0.1) is 0 Å². The summed E-state index contributed by atoms with van der Waals surface area (Å²) in [7, 11) is 4.01. The number of hydrogen-bond donors (Lipinski definition) is 1. The molecule has 1 N–H and O–H groups in total. The van der Waals surface area contributed by atoms with E-state index in [1.807, 2.05) is 35.9 Å². The highest BCUT2D eigenvalue weighted by Gasteiger charge is 2.22. The molecule has 3 rings (SSSR count). The van der Waals surface area contributed by atoms with Crippen LogP contribution in [0.2, 0.25) is 0 Å². The Morgan fingerprint density at radius 1 is 1.33 bits per heavy atom. The molecule has 0 saturated heterocycles. The molecule has 96 valence electrons. The lowest BCUT2D eigenvalue weighted by Gasteiger charge is -2.23. The average molecular weight is 245 g/mol. The van der Waals surface area contributed by atoms with Crippen molar-refractivity contribution in [3.05, 3.63) is 35.4 Å². The van der Waals surface area contributed by atoms with Crippen LogP contribution in [0.1, 0.15) is 35.8 Å². The topological polar surface area (TPSA) is 47.7 Å². The third-order valence-corrected chi connectivity index (χ3v) is 3.83. The number of nitrogens with one attached hydrogen (secondary N) is 1. The fourth-order valence-corrected chi connectivity index (χ4v) is 2.72. The van der Waals surface area contributed by atoms with Gasteiger partial charge in [-0.05, 0) is 25.3 Å². The van der Waals surface area contributed by atoms with Gasteiger partial charge in [0.05, 0.1) is 11.9 Å². The van der Waals surface area contributed by atoms with Crippen LogP contribution in [0, 0.1) is 0 Å². The van der Waals surface area contributed by atoms with Crippen LogP contribution in [0.4, 0.5) is 0 Å². The van der Waals surface area contributed by atoms with Crippen LogP contribution in [-0.4, -0.2) is 19.6 Å². The first-order valence-corrected chi connectivity index (χ1v) is 6.46. The second kappa shape index (κ2) is 4.57. The van der Waals surface area contributed by atoms with Crippen LogP contribution >= 0.6 is 0 Å². The first-order chi connectivity index (χ1) is 8.75. The van der Waals surface area contributed by atoms with Crippen molar-refractivity contribution >= 4 is 0 Å². The van der Waals surface area contributed by atoms with Crippen molar-refractivity contribution in [3.8, 4) is 0 Å². The van der Waals surface area contributed by atoms with E-state index in [2.05, 4.69) is 21.6 Å². The maximum absolute atomic E-state index is 4.37. The summed E-state index contributed by atoms with van der Waals surface area (Å²) in [4.78, 5) is 0. The van der Waals surface area contributed by atoms with Gasteiger partial charge in [-0.3, -0.25) is 9.36 Å². The van der Waals surface area contributed by atoms with Crippen molar-refractivity contribution in [2.45, 2.75) is 31.8 Å². The van der Waals surface area contributed by atoms with E-state index < -0.39 is 0 Å². The zero-order valence-electron chi connectivity index (χ0n) is 10.9. The molecule has 1 atom stereocenters. The quantitative estimate of drug-likeness (QED) is 0.887. The van der Waals surface area contributed by atoms with Crippen molar-refractivity contribution in [2.75, 3.05) is 0 Å². The Morgan fingerprint density at radius 2 is 2.22 bits per heavy atom. The number of hydrogen-bond acceptors (Lipinski definition) is 3. The van der Waals surface area contributed by atoms with Crippen LogP contribution in [0.15, 0.2) is 18.5 Å². The molecule has 2 aromatic heterocycles. The van der Waals surface area contributed by atoms with Crippen molar-refractivity contribution in [3.63, 3.8) is 0 Å². The van der Waals surface area contributed by atoms with Crippen molar-refractivity contribution in [2.24, 2.45) is 14.1 Å². The molecular formula is C13H19N5. The summed E-state index contributed by atoms with van der Waals surface area (Å²) < 4.78 is 3.92. The molecule has 0 radical (unpaired) electrons. The molecule has 2 heterocycles. The van der Waals surface area contributed by atoms with Crippen molar-refractivity contribution in [1.82, 2.24) is 24.9 Å². The van der Waals surface area contributed by atoms with Crippen LogP contribution in [0.5, 0.6) is 0 Å². The van der Waals surface area contributed by atoms with Gasteiger partial charge >= 0.3 is 0 Å². The Balaban J connectivity index is 1.73. The molecule has 18 heavy (non-hydrogen) atoms. The molecule has 0 aromatic carbocycles. The van der Waals surface area contributed by atoms with Crippen molar-refractivity contribution < 1.29 is 0 Å². The normalized spacial score (nSPS) is 18.9.